The van der Waals surface area contributed by atoms with E-state index in [1.807, 2.05) is 0 Å². The van der Waals surface area contributed by atoms with E-state index in [4.69, 9.17) is 23.2 Å². The van der Waals surface area contributed by atoms with Gasteiger partial charge >= 0.3 is 0 Å². The lowest BCUT2D eigenvalue weighted by Crippen LogP contribution is -2.46. The predicted molar refractivity (Wildman–Crippen MR) is 103 cm³/mol. The molecule has 25 heavy (non-hydrogen) atoms. The van der Waals surface area contributed by atoms with E-state index in [0.717, 1.165) is 10.6 Å². The Morgan fingerprint density at radius 3 is 2.16 bits per heavy atom. The van der Waals surface area contributed by atoms with Crippen LogP contribution in [0.3, 0.4) is 0 Å². The highest BCUT2D eigenvalue weighted by atomic mass is 35.5. The molecule has 0 aliphatic heterocycles. The van der Waals surface area contributed by atoms with Gasteiger partial charge in [-0.05, 0) is 36.8 Å². The summed E-state index contributed by atoms with van der Waals surface area (Å²) in [6, 6.07) is 12.2. The van der Waals surface area contributed by atoms with Crippen molar-refractivity contribution >= 4 is 50.5 Å². The Morgan fingerprint density at radius 1 is 1.12 bits per heavy atom. The summed E-state index contributed by atoms with van der Waals surface area (Å²) in [7, 11) is -3.66. The molecule has 0 unspecified atom stereocenters. The smallest absolute Gasteiger partial charge is 0.248 e. The number of anilines is 2. The number of nitrogens with zero attached hydrogens (tertiary/aromatic N) is 1. The van der Waals surface area contributed by atoms with Gasteiger partial charge in [-0.2, -0.15) is 0 Å². The van der Waals surface area contributed by atoms with E-state index >= 15 is 0 Å². The van der Waals surface area contributed by atoms with Crippen molar-refractivity contribution in [1.29, 1.82) is 0 Å². The molecule has 0 aromatic heterocycles. The molecule has 2 aromatic carbocycles. The molecule has 0 saturated heterocycles. The normalized spacial score (nSPS) is 12.5. The quantitative estimate of drug-likeness (QED) is 0.790. The number of carbonyl (C=O) groups is 1. The Bertz CT molecular complexity index is 837. The highest BCUT2D eigenvalue weighted by molar-refractivity contribution is 7.92. The van der Waals surface area contributed by atoms with Crippen molar-refractivity contribution in [1.82, 2.24) is 0 Å². The molecule has 5 nitrogen and oxygen atoms in total. The molecule has 134 valence electrons. The fraction of sp³-hybridized carbons (Fsp3) is 0.235. The monoisotopic (exact) mass is 400 g/mol. The molecule has 0 bridgehead atoms. The summed E-state index contributed by atoms with van der Waals surface area (Å²) in [4.78, 5) is 12.7. The van der Waals surface area contributed by atoms with Crippen LogP contribution in [0.4, 0.5) is 11.4 Å². The van der Waals surface area contributed by atoms with Gasteiger partial charge in [-0.25, -0.2) is 8.42 Å². The molecule has 8 heteroatoms. The first kappa shape index (κ1) is 19.6. The first-order valence-corrected chi connectivity index (χ1v) is 10.1. The zero-order valence-electron chi connectivity index (χ0n) is 13.7. The average molecular weight is 401 g/mol. The van der Waals surface area contributed by atoms with Crippen LogP contribution in [-0.2, 0) is 14.8 Å². The maximum absolute atomic E-state index is 12.7. The van der Waals surface area contributed by atoms with Gasteiger partial charge in [0, 0.05) is 15.7 Å². The Hall–Kier alpha value is -1.76. The number of rotatable bonds is 6. The molecule has 2 aromatic rings. The van der Waals surface area contributed by atoms with E-state index in [9.17, 15) is 13.2 Å². The van der Waals surface area contributed by atoms with E-state index in [0.29, 0.717) is 27.8 Å². The summed E-state index contributed by atoms with van der Waals surface area (Å²) in [5.74, 6) is -0.463. The second-order valence-corrected chi connectivity index (χ2v) is 8.20. The van der Waals surface area contributed by atoms with Crippen molar-refractivity contribution in [2.24, 2.45) is 0 Å². The van der Waals surface area contributed by atoms with Gasteiger partial charge in [-0.3, -0.25) is 9.10 Å². The number of halogens is 2. The Kier molecular flexibility index (Phi) is 6.32. The van der Waals surface area contributed by atoms with Gasteiger partial charge in [-0.15, -0.1) is 0 Å². The second-order valence-electron chi connectivity index (χ2n) is 5.47. The number of carbonyl (C=O) groups excluding carboxylic acids is 1. The molecular formula is C17H18Cl2N2O3S. The summed E-state index contributed by atoms with van der Waals surface area (Å²) >= 11 is 11.9. The second kappa shape index (κ2) is 8.08. The molecule has 0 radical (unpaired) electrons. The van der Waals surface area contributed by atoms with Crippen LogP contribution >= 0.6 is 23.2 Å². The highest BCUT2D eigenvalue weighted by Gasteiger charge is 2.31. The predicted octanol–water partition coefficient (Wildman–Crippen LogP) is 4.18. The van der Waals surface area contributed by atoms with Gasteiger partial charge in [0.15, 0.2) is 0 Å². The molecule has 0 fully saturated rings. The van der Waals surface area contributed by atoms with Gasteiger partial charge in [0.25, 0.3) is 0 Å². The van der Waals surface area contributed by atoms with Crippen LogP contribution in [-0.4, -0.2) is 26.6 Å². The first-order chi connectivity index (χ1) is 11.7. The number of hydrogen-bond donors (Lipinski definition) is 1. The van der Waals surface area contributed by atoms with Crippen molar-refractivity contribution in [3.8, 4) is 0 Å². The fourth-order valence-electron chi connectivity index (χ4n) is 2.49. The summed E-state index contributed by atoms with van der Waals surface area (Å²) in [5.41, 5.74) is 0.832. The number of nitrogens with one attached hydrogen (secondary N) is 1. The number of hydrogen-bond acceptors (Lipinski definition) is 3. The maximum Gasteiger partial charge on any atom is 0.248 e. The Labute approximate surface area is 157 Å². The third kappa shape index (κ3) is 5.11. The van der Waals surface area contributed by atoms with Crippen molar-refractivity contribution in [3.63, 3.8) is 0 Å². The van der Waals surface area contributed by atoms with E-state index in [-0.39, 0.29) is 0 Å². The molecule has 1 atom stereocenters. The van der Waals surface area contributed by atoms with Crippen LogP contribution < -0.4 is 9.62 Å². The molecule has 0 spiro atoms. The molecule has 0 saturated carbocycles. The van der Waals surface area contributed by atoms with Crippen LogP contribution in [0.2, 0.25) is 10.0 Å². The number of amides is 1. The minimum atomic E-state index is -3.66. The SMILES string of the molecule is CC[C@H](C(=O)Nc1cc(Cl)cc(Cl)c1)N(c1ccccc1)S(C)(=O)=O. The molecule has 0 aliphatic rings. The fourth-order valence-corrected chi connectivity index (χ4v) is 4.22. The van der Waals surface area contributed by atoms with Crippen molar-refractivity contribution in [2.75, 3.05) is 15.9 Å². The lowest BCUT2D eigenvalue weighted by molar-refractivity contribution is -0.117. The minimum Gasteiger partial charge on any atom is -0.324 e. The standard InChI is InChI=1S/C17H18Cl2N2O3S/c1-3-16(17(22)20-14-10-12(18)9-13(19)11-14)21(25(2,23)24)15-7-5-4-6-8-15/h4-11,16H,3H2,1-2H3,(H,20,22)/t16-/m1/s1. The largest absolute Gasteiger partial charge is 0.324 e. The third-order valence-electron chi connectivity index (χ3n) is 3.47. The minimum absolute atomic E-state index is 0.294. The summed E-state index contributed by atoms with van der Waals surface area (Å²) in [5, 5.41) is 3.43. The molecular weight excluding hydrogens is 383 g/mol. The zero-order valence-corrected chi connectivity index (χ0v) is 16.1. The molecule has 0 aliphatic carbocycles. The van der Waals surface area contributed by atoms with E-state index in [2.05, 4.69) is 5.32 Å². The number of sulfonamides is 1. The van der Waals surface area contributed by atoms with E-state index < -0.39 is 22.0 Å². The summed E-state index contributed by atoms with van der Waals surface area (Å²) in [6.45, 7) is 1.75. The van der Waals surface area contributed by atoms with Crippen LogP contribution in [0.25, 0.3) is 0 Å². The lowest BCUT2D eigenvalue weighted by Gasteiger charge is -2.30. The van der Waals surface area contributed by atoms with E-state index in [1.54, 1.807) is 55.5 Å². The van der Waals surface area contributed by atoms with Crippen LogP contribution in [0.15, 0.2) is 48.5 Å². The van der Waals surface area contributed by atoms with Crippen molar-refractivity contribution in [3.05, 3.63) is 58.6 Å². The van der Waals surface area contributed by atoms with Gasteiger partial charge in [0.1, 0.15) is 6.04 Å². The highest BCUT2D eigenvalue weighted by Crippen LogP contribution is 2.25. The van der Waals surface area contributed by atoms with Crippen LogP contribution in [0.5, 0.6) is 0 Å². The van der Waals surface area contributed by atoms with Crippen molar-refractivity contribution in [2.45, 2.75) is 19.4 Å². The summed E-state index contributed by atoms with van der Waals surface area (Å²) < 4.78 is 25.7. The molecule has 2 rings (SSSR count). The van der Waals surface area contributed by atoms with Gasteiger partial charge in [-0.1, -0.05) is 48.3 Å². The lowest BCUT2D eigenvalue weighted by atomic mass is 10.2. The number of para-hydroxylation sites is 1. The van der Waals surface area contributed by atoms with Crippen LogP contribution in [0.1, 0.15) is 13.3 Å². The first-order valence-electron chi connectivity index (χ1n) is 7.53. The molecule has 0 heterocycles. The maximum atomic E-state index is 12.7. The van der Waals surface area contributed by atoms with Gasteiger partial charge in [0.05, 0.1) is 11.9 Å². The zero-order chi connectivity index (χ0) is 18.6. The molecule has 1 N–H and O–H groups in total. The van der Waals surface area contributed by atoms with Gasteiger partial charge < -0.3 is 5.32 Å². The topological polar surface area (TPSA) is 66.5 Å². The van der Waals surface area contributed by atoms with Crippen molar-refractivity contribution < 1.29 is 13.2 Å². The van der Waals surface area contributed by atoms with E-state index in [1.165, 1.54) is 0 Å². The molecule has 1 amide bonds. The summed E-state index contributed by atoms with van der Waals surface area (Å²) in [6.07, 6.45) is 1.37. The van der Waals surface area contributed by atoms with Crippen LogP contribution in [0, 0.1) is 0 Å². The Balaban J connectivity index is 2.36. The number of benzene rings is 2. The van der Waals surface area contributed by atoms with Gasteiger partial charge in [0.2, 0.25) is 15.9 Å². The third-order valence-corrected chi connectivity index (χ3v) is 5.09. The average Bonchev–Trinajstić information content (AvgIpc) is 2.50. The Morgan fingerprint density at radius 2 is 1.68 bits per heavy atom.